The molecule has 0 saturated heterocycles. The lowest BCUT2D eigenvalue weighted by molar-refractivity contribution is -0.118. The van der Waals surface area contributed by atoms with Crippen LogP contribution in [-0.4, -0.2) is 17.8 Å². The van der Waals surface area contributed by atoms with Crippen LogP contribution in [0.4, 0.5) is 5.69 Å². The first kappa shape index (κ1) is 14.6. The standard InChI is InChI=1S/C16H22BrNO/c1-2-6-13(11-17)12-18-15-9-4-3-7-14(15)8-5-10-16(18)19/h3-4,7,9,13H,2,5-6,8,10-12H2,1H3. The van der Waals surface area contributed by atoms with Gasteiger partial charge in [0.05, 0.1) is 0 Å². The van der Waals surface area contributed by atoms with Gasteiger partial charge in [0, 0.05) is 24.0 Å². The monoisotopic (exact) mass is 323 g/mol. The molecule has 1 aliphatic rings. The van der Waals surface area contributed by atoms with Crippen LogP contribution in [0, 0.1) is 5.92 Å². The van der Waals surface area contributed by atoms with E-state index in [2.05, 4.69) is 41.1 Å². The molecule has 2 nitrogen and oxygen atoms in total. The van der Waals surface area contributed by atoms with Crippen molar-refractivity contribution in [2.24, 2.45) is 5.92 Å². The first-order chi connectivity index (χ1) is 9.26. The summed E-state index contributed by atoms with van der Waals surface area (Å²) in [5, 5.41) is 0.965. The first-order valence-corrected chi connectivity index (χ1v) is 8.32. The van der Waals surface area contributed by atoms with Gasteiger partial charge in [-0.1, -0.05) is 47.5 Å². The fraction of sp³-hybridized carbons (Fsp3) is 0.562. The molecule has 1 aromatic rings. The summed E-state index contributed by atoms with van der Waals surface area (Å²) in [4.78, 5) is 14.4. The maximum absolute atomic E-state index is 12.3. The number of alkyl halides is 1. The average Bonchev–Trinajstić information content (AvgIpc) is 2.58. The first-order valence-electron chi connectivity index (χ1n) is 7.20. The molecule has 0 N–H and O–H groups in total. The minimum absolute atomic E-state index is 0.284. The van der Waals surface area contributed by atoms with E-state index in [0.29, 0.717) is 12.3 Å². The van der Waals surface area contributed by atoms with Crippen LogP contribution in [0.25, 0.3) is 0 Å². The molecule has 19 heavy (non-hydrogen) atoms. The molecule has 3 heteroatoms. The number of carbonyl (C=O) groups excluding carboxylic acids is 1. The van der Waals surface area contributed by atoms with Crippen LogP contribution >= 0.6 is 15.9 Å². The Morgan fingerprint density at radius 3 is 2.84 bits per heavy atom. The molecule has 1 aliphatic heterocycles. The van der Waals surface area contributed by atoms with Crippen molar-refractivity contribution < 1.29 is 4.79 Å². The van der Waals surface area contributed by atoms with Crippen molar-refractivity contribution in [3.63, 3.8) is 0 Å². The van der Waals surface area contributed by atoms with E-state index >= 15 is 0 Å². The van der Waals surface area contributed by atoms with Crippen molar-refractivity contribution in [3.05, 3.63) is 29.8 Å². The molecule has 2 rings (SSSR count). The zero-order valence-corrected chi connectivity index (χ0v) is 13.2. The maximum Gasteiger partial charge on any atom is 0.227 e. The molecular weight excluding hydrogens is 302 g/mol. The maximum atomic E-state index is 12.3. The summed E-state index contributed by atoms with van der Waals surface area (Å²) in [6, 6.07) is 8.36. The van der Waals surface area contributed by atoms with E-state index < -0.39 is 0 Å². The number of anilines is 1. The molecule has 1 amide bonds. The Labute approximate surface area is 124 Å². The largest absolute Gasteiger partial charge is 0.312 e. The molecule has 1 unspecified atom stereocenters. The van der Waals surface area contributed by atoms with Crippen LogP contribution in [0.1, 0.15) is 38.2 Å². The van der Waals surface area contributed by atoms with Gasteiger partial charge in [-0.2, -0.15) is 0 Å². The third kappa shape index (κ3) is 3.59. The van der Waals surface area contributed by atoms with Gasteiger partial charge in [0.25, 0.3) is 0 Å². The number of hydrogen-bond donors (Lipinski definition) is 0. The third-order valence-corrected chi connectivity index (χ3v) is 4.69. The van der Waals surface area contributed by atoms with Crippen LogP contribution < -0.4 is 4.90 Å². The van der Waals surface area contributed by atoms with Crippen molar-refractivity contribution in [1.29, 1.82) is 0 Å². The second kappa shape index (κ2) is 7.09. The van der Waals surface area contributed by atoms with Gasteiger partial charge in [0.15, 0.2) is 0 Å². The Hall–Kier alpha value is -0.830. The predicted molar refractivity (Wildman–Crippen MR) is 83.9 cm³/mol. The van der Waals surface area contributed by atoms with Gasteiger partial charge in [-0.3, -0.25) is 4.79 Å². The molecule has 0 radical (unpaired) electrons. The predicted octanol–water partition coefficient (Wildman–Crippen LogP) is 4.17. The Kier molecular flexibility index (Phi) is 5.44. The van der Waals surface area contributed by atoms with Crippen LogP contribution in [-0.2, 0) is 11.2 Å². The van der Waals surface area contributed by atoms with Gasteiger partial charge in [0.2, 0.25) is 5.91 Å². The molecule has 1 heterocycles. The molecular formula is C16H22BrNO. The molecule has 0 spiro atoms. The normalized spacial score (nSPS) is 16.9. The van der Waals surface area contributed by atoms with Gasteiger partial charge in [-0.15, -0.1) is 0 Å². The lowest BCUT2D eigenvalue weighted by Crippen LogP contribution is -2.35. The highest BCUT2D eigenvalue weighted by Gasteiger charge is 2.24. The van der Waals surface area contributed by atoms with E-state index in [0.717, 1.165) is 36.8 Å². The summed E-state index contributed by atoms with van der Waals surface area (Å²) in [6.07, 6.45) is 5.00. The summed E-state index contributed by atoms with van der Waals surface area (Å²) in [6.45, 7) is 3.04. The molecule has 0 aromatic heterocycles. The molecule has 1 aromatic carbocycles. The Morgan fingerprint density at radius 2 is 2.11 bits per heavy atom. The van der Waals surface area contributed by atoms with Crippen LogP contribution in [0.3, 0.4) is 0 Å². The molecule has 0 fully saturated rings. The van der Waals surface area contributed by atoms with Crippen molar-refractivity contribution >= 4 is 27.5 Å². The van der Waals surface area contributed by atoms with E-state index in [9.17, 15) is 4.79 Å². The summed E-state index contributed by atoms with van der Waals surface area (Å²) < 4.78 is 0. The fourth-order valence-electron chi connectivity index (χ4n) is 2.77. The number of para-hydroxylation sites is 1. The number of benzene rings is 1. The van der Waals surface area contributed by atoms with E-state index in [-0.39, 0.29) is 5.91 Å². The molecule has 104 valence electrons. The van der Waals surface area contributed by atoms with Gasteiger partial charge < -0.3 is 4.90 Å². The van der Waals surface area contributed by atoms with E-state index in [1.54, 1.807) is 0 Å². The quantitative estimate of drug-likeness (QED) is 0.745. The summed E-state index contributed by atoms with van der Waals surface area (Å²) in [7, 11) is 0. The van der Waals surface area contributed by atoms with Crippen molar-refractivity contribution in [1.82, 2.24) is 0 Å². The summed E-state index contributed by atoms with van der Waals surface area (Å²) >= 11 is 3.59. The fourth-order valence-corrected chi connectivity index (χ4v) is 3.30. The average molecular weight is 324 g/mol. The summed E-state index contributed by atoms with van der Waals surface area (Å²) in [5.74, 6) is 0.826. The lowest BCUT2D eigenvalue weighted by atomic mass is 10.0. The van der Waals surface area contributed by atoms with E-state index in [4.69, 9.17) is 0 Å². The minimum Gasteiger partial charge on any atom is -0.312 e. The number of aryl methyl sites for hydroxylation is 1. The highest BCUT2D eigenvalue weighted by Crippen LogP contribution is 2.28. The highest BCUT2D eigenvalue weighted by molar-refractivity contribution is 9.09. The second-order valence-corrected chi connectivity index (χ2v) is 5.94. The van der Waals surface area contributed by atoms with Crippen LogP contribution in [0.5, 0.6) is 0 Å². The van der Waals surface area contributed by atoms with Gasteiger partial charge in [-0.05, 0) is 36.8 Å². The highest BCUT2D eigenvalue weighted by atomic mass is 79.9. The Morgan fingerprint density at radius 1 is 1.32 bits per heavy atom. The number of carbonyl (C=O) groups is 1. The van der Waals surface area contributed by atoms with Gasteiger partial charge in [0.1, 0.15) is 0 Å². The molecule has 0 bridgehead atoms. The smallest absolute Gasteiger partial charge is 0.227 e. The zero-order chi connectivity index (χ0) is 13.7. The Bertz CT molecular complexity index is 433. The topological polar surface area (TPSA) is 20.3 Å². The van der Waals surface area contributed by atoms with Crippen LogP contribution in [0.15, 0.2) is 24.3 Å². The number of rotatable bonds is 5. The summed E-state index contributed by atoms with van der Waals surface area (Å²) in [5.41, 5.74) is 2.45. The SMILES string of the molecule is CCCC(CBr)CN1C(=O)CCCc2ccccc21. The van der Waals surface area contributed by atoms with Crippen molar-refractivity contribution in [2.45, 2.75) is 39.0 Å². The molecule has 0 aliphatic carbocycles. The number of fused-ring (bicyclic) bond motifs is 1. The zero-order valence-electron chi connectivity index (χ0n) is 11.6. The van der Waals surface area contributed by atoms with E-state index in [1.807, 2.05) is 11.0 Å². The molecule has 0 saturated carbocycles. The minimum atomic E-state index is 0.284. The number of hydrogen-bond acceptors (Lipinski definition) is 1. The lowest BCUT2D eigenvalue weighted by Gasteiger charge is -2.27. The van der Waals surface area contributed by atoms with Gasteiger partial charge >= 0.3 is 0 Å². The Balaban J connectivity index is 2.23. The molecule has 1 atom stereocenters. The number of halogens is 1. The van der Waals surface area contributed by atoms with Crippen molar-refractivity contribution in [2.75, 3.05) is 16.8 Å². The number of amides is 1. The van der Waals surface area contributed by atoms with Crippen LogP contribution in [0.2, 0.25) is 0 Å². The van der Waals surface area contributed by atoms with E-state index in [1.165, 1.54) is 12.0 Å². The second-order valence-electron chi connectivity index (χ2n) is 5.30. The number of nitrogens with zero attached hydrogens (tertiary/aromatic N) is 1. The van der Waals surface area contributed by atoms with Gasteiger partial charge in [-0.25, -0.2) is 0 Å². The van der Waals surface area contributed by atoms with Crippen molar-refractivity contribution in [3.8, 4) is 0 Å². The third-order valence-electron chi connectivity index (χ3n) is 3.78.